The van der Waals surface area contributed by atoms with Crippen LogP contribution in [0.4, 0.5) is 5.69 Å². The Morgan fingerprint density at radius 3 is 2.53 bits per heavy atom. The second-order valence-corrected chi connectivity index (χ2v) is 9.74. The fourth-order valence-electron chi connectivity index (χ4n) is 5.12. The summed E-state index contributed by atoms with van der Waals surface area (Å²) in [7, 11) is 0. The largest absolute Gasteiger partial charge is 0.486 e. The number of benzene rings is 2. The van der Waals surface area contributed by atoms with Crippen LogP contribution in [0.15, 0.2) is 42.5 Å². The minimum atomic E-state index is 0. The Labute approximate surface area is 206 Å². The van der Waals surface area contributed by atoms with Gasteiger partial charge in [-0.2, -0.15) is 0 Å². The lowest BCUT2D eigenvalue weighted by molar-refractivity contribution is -0.125. The third-order valence-corrected chi connectivity index (χ3v) is 7.12. The lowest BCUT2D eigenvalue weighted by atomic mass is 10.0. The highest BCUT2D eigenvalue weighted by atomic mass is 35.5. The Balaban J connectivity index is 0.00000274. The number of likely N-dealkylation sites (tertiary alicyclic amines) is 1. The number of hydrogen-bond donors (Lipinski definition) is 1. The number of carbonyl (C=O) groups excluding carboxylic acids is 1. The second kappa shape index (κ2) is 11.3. The Hall–Kier alpha value is -2.48. The van der Waals surface area contributed by atoms with Gasteiger partial charge in [-0.25, -0.2) is 0 Å². The molecule has 3 heterocycles. The van der Waals surface area contributed by atoms with Crippen LogP contribution in [0.5, 0.6) is 11.5 Å². The SMILES string of the molecule is O.O=C(N[C@@H](Cc1ccc2c(c1)OCCO2)CN1CCCC1)C1CCN(c2ccc(Cl)cc2)C1. The summed E-state index contributed by atoms with van der Waals surface area (Å²) < 4.78 is 11.4. The molecule has 0 aliphatic carbocycles. The average Bonchev–Trinajstić information content (AvgIpc) is 3.52. The van der Waals surface area contributed by atoms with E-state index in [9.17, 15) is 4.79 Å². The molecule has 2 atom stereocenters. The van der Waals surface area contributed by atoms with Crippen LogP contribution in [0.1, 0.15) is 24.8 Å². The number of halogens is 1. The molecule has 3 aliphatic heterocycles. The standard InChI is InChI=1S/C26H32ClN3O3.H2O/c27-21-4-6-23(7-5-21)30-12-9-20(17-30)26(31)28-22(18-29-10-1-2-11-29)15-19-3-8-24-25(16-19)33-14-13-32-24;/h3-8,16,20,22H,1-2,9-15,17-18H2,(H,28,31);1H2/t20?,22-;/m0./s1. The number of anilines is 1. The van der Waals surface area contributed by atoms with Gasteiger partial charge in [-0.1, -0.05) is 17.7 Å². The highest BCUT2D eigenvalue weighted by molar-refractivity contribution is 6.30. The van der Waals surface area contributed by atoms with E-state index < -0.39 is 0 Å². The number of rotatable bonds is 7. The topological polar surface area (TPSA) is 85.5 Å². The molecule has 0 aromatic heterocycles. The molecular weight excluding hydrogens is 454 g/mol. The van der Waals surface area contributed by atoms with E-state index in [2.05, 4.69) is 27.2 Å². The van der Waals surface area contributed by atoms with Gasteiger partial charge in [0.1, 0.15) is 13.2 Å². The van der Waals surface area contributed by atoms with Crippen molar-refractivity contribution >= 4 is 23.2 Å². The van der Waals surface area contributed by atoms with Crippen LogP contribution in [0.2, 0.25) is 5.02 Å². The molecule has 5 rings (SSSR count). The normalized spacial score (nSPS) is 20.6. The number of hydrogen-bond acceptors (Lipinski definition) is 5. The number of nitrogens with zero attached hydrogens (tertiary/aromatic N) is 2. The minimum absolute atomic E-state index is 0. The summed E-state index contributed by atoms with van der Waals surface area (Å²) in [5.41, 5.74) is 2.29. The Morgan fingerprint density at radius 2 is 1.76 bits per heavy atom. The van der Waals surface area contributed by atoms with E-state index in [-0.39, 0.29) is 23.3 Å². The summed E-state index contributed by atoms with van der Waals surface area (Å²) >= 11 is 6.03. The maximum Gasteiger partial charge on any atom is 0.225 e. The van der Waals surface area contributed by atoms with Crippen molar-refractivity contribution in [3.05, 3.63) is 53.1 Å². The third kappa shape index (κ3) is 5.95. The molecule has 1 unspecified atom stereocenters. The molecule has 2 saturated heterocycles. The van der Waals surface area contributed by atoms with Crippen molar-refractivity contribution in [1.82, 2.24) is 10.2 Å². The summed E-state index contributed by atoms with van der Waals surface area (Å²) in [4.78, 5) is 18.0. The van der Waals surface area contributed by atoms with Crippen LogP contribution >= 0.6 is 11.6 Å². The van der Waals surface area contributed by atoms with Crippen LogP contribution in [-0.2, 0) is 11.2 Å². The van der Waals surface area contributed by atoms with Gasteiger partial charge >= 0.3 is 0 Å². The first-order chi connectivity index (χ1) is 16.1. The van der Waals surface area contributed by atoms with Gasteiger partial charge in [0.15, 0.2) is 11.5 Å². The van der Waals surface area contributed by atoms with Crippen LogP contribution in [0, 0.1) is 5.92 Å². The zero-order valence-corrected chi connectivity index (χ0v) is 20.2. The summed E-state index contributed by atoms with van der Waals surface area (Å²) in [6.07, 6.45) is 4.13. The number of carbonyl (C=O) groups is 1. The van der Waals surface area contributed by atoms with Crippen molar-refractivity contribution in [2.45, 2.75) is 31.7 Å². The summed E-state index contributed by atoms with van der Waals surface area (Å²) in [6.45, 7) is 5.91. The molecule has 0 saturated carbocycles. The predicted molar refractivity (Wildman–Crippen MR) is 134 cm³/mol. The fourth-order valence-corrected chi connectivity index (χ4v) is 5.24. The Kier molecular flexibility index (Phi) is 8.19. The minimum Gasteiger partial charge on any atom is -0.486 e. The molecule has 2 fully saturated rings. The molecule has 1 amide bonds. The van der Waals surface area contributed by atoms with E-state index in [0.717, 1.165) is 73.3 Å². The van der Waals surface area contributed by atoms with Gasteiger partial charge in [0, 0.05) is 36.4 Å². The van der Waals surface area contributed by atoms with Crippen molar-refractivity contribution in [1.29, 1.82) is 0 Å². The smallest absolute Gasteiger partial charge is 0.225 e. The van der Waals surface area contributed by atoms with Crippen molar-refractivity contribution in [2.75, 3.05) is 50.8 Å². The molecule has 3 N–H and O–H groups in total. The van der Waals surface area contributed by atoms with E-state index in [4.69, 9.17) is 21.1 Å². The van der Waals surface area contributed by atoms with Gasteiger partial charge in [-0.05, 0) is 80.7 Å². The quantitative estimate of drug-likeness (QED) is 0.649. The first kappa shape index (κ1) is 24.6. The first-order valence-electron chi connectivity index (χ1n) is 12.1. The second-order valence-electron chi connectivity index (χ2n) is 9.30. The molecule has 34 heavy (non-hydrogen) atoms. The maximum atomic E-state index is 13.3. The molecule has 184 valence electrons. The van der Waals surface area contributed by atoms with Crippen LogP contribution in [0.25, 0.3) is 0 Å². The van der Waals surface area contributed by atoms with Gasteiger partial charge in [-0.3, -0.25) is 4.79 Å². The third-order valence-electron chi connectivity index (χ3n) is 6.86. The predicted octanol–water partition coefficient (Wildman–Crippen LogP) is 2.94. The lowest BCUT2D eigenvalue weighted by Gasteiger charge is -2.27. The molecule has 2 aromatic carbocycles. The molecule has 0 radical (unpaired) electrons. The van der Waals surface area contributed by atoms with E-state index in [0.29, 0.717) is 13.2 Å². The maximum absolute atomic E-state index is 13.3. The van der Waals surface area contributed by atoms with Gasteiger partial charge in [0.25, 0.3) is 0 Å². The number of amides is 1. The highest BCUT2D eigenvalue weighted by Crippen LogP contribution is 2.31. The zero-order chi connectivity index (χ0) is 22.6. The first-order valence-corrected chi connectivity index (χ1v) is 12.4. The van der Waals surface area contributed by atoms with E-state index >= 15 is 0 Å². The summed E-state index contributed by atoms with van der Waals surface area (Å²) in [6, 6.07) is 14.1. The van der Waals surface area contributed by atoms with Gasteiger partial charge in [-0.15, -0.1) is 0 Å². The lowest BCUT2D eigenvalue weighted by Crippen LogP contribution is -2.46. The van der Waals surface area contributed by atoms with E-state index in [1.54, 1.807) is 0 Å². The molecule has 7 nitrogen and oxygen atoms in total. The van der Waals surface area contributed by atoms with Crippen LogP contribution < -0.4 is 19.7 Å². The Bertz CT molecular complexity index is 965. The van der Waals surface area contributed by atoms with Crippen molar-refractivity contribution in [2.24, 2.45) is 5.92 Å². The highest BCUT2D eigenvalue weighted by Gasteiger charge is 2.30. The van der Waals surface area contributed by atoms with Crippen LogP contribution in [-0.4, -0.2) is 68.3 Å². The number of fused-ring (bicyclic) bond motifs is 1. The van der Waals surface area contributed by atoms with Crippen molar-refractivity contribution in [3.8, 4) is 11.5 Å². The molecule has 0 spiro atoms. The summed E-state index contributed by atoms with van der Waals surface area (Å²) in [5.74, 6) is 1.77. The molecule has 3 aliphatic rings. The van der Waals surface area contributed by atoms with Gasteiger partial charge < -0.3 is 30.1 Å². The molecular formula is C26H34ClN3O4. The van der Waals surface area contributed by atoms with Gasteiger partial charge in [0.2, 0.25) is 5.91 Å². The summed E-state index contributed by atoms with van der Waals surface area (Å²) in [5, 5.41) is 4.13. The van der Waals surface area contributed by atoms with Crippen molar-refractivity contribution < 1.29 is 19.7 Å². The Morgan fingerprint density at radius 1 is 1.03 bits per heavy atom. The number of ether oxygens (including phenoxy) is 2. The van der Waals surface area contributed by atoms with E-state index in [1.807, 2.05) is 30.3 Å². The van der Waals surface area contributed by atoms with E-state index in [1.165, 1.54) is 12.8 Å². The average molecular weight is 488 g/mol. The molecule has 0 bridgehead atoms. The van der Waals surface area contributed by atoms with Crippen LogP contribution in [0.3, 0.4) is 0 Å². The van der Waals surface area contributed by atoms with Gasteiger partial charge in [0.05, 0.1) is 5.92 Å². The fraction of sp³-hybridized carbons (Fsp3) is 0.500. The number of nitrogens with one attached hydrogen (secondary N) is 1. The monoisotopic (exact) mass is 487 g/mol. The molecule has 8 heteroatoms. The van der Waals surface area contributed by atoms with Crippen molar-refractivity contribution in [3.63, 3.8) is 0 Å². The molecule has 2 aromatic rings. The zero-order valence-electron chi connectivity index (χ0n) is 19.5.